The van der Waals surface area contributed by atoms with Crippen molar-refractivity contribution in [2.75, 3.05) is 18.5 Å². The van der Waals surface area contributed by atoms with Crippen molar-refractivity contribution in [3.05, 3.63) is 52.7 Å². The van der Waals surface area contributed by atoms with Crippen molar-refractivity contribution >= 4 is 29.3 Å². The number of nitrogens with two attached hydrogens (primary N) is 1. The molecule has 1 aromatic heterocycles. The maximum Gasteiger partial charge on any atom is 0.278 e. The molecule has 0 radical (unpaired) electrons. The lowest BCUT2D eigenvalue weighted by Gasteiger charge is -2.16. The van der Waals surface area contributed by atoms with Gasteiger partial charge in [-0.15, -0.1) is 0 Å². The number of nitrogens with one attached hydrogen (secondary N) is 2. The number of ether oxygens (including phenoxy) is 1. The average Bonchev–Trinajstić information content (AvgIpc) is 2.70. The Morgan fingerprint density at radius 2 is 2.00 bits per heavy atom. The number of carbonyl (C=O) groups is 1. The second kappa shape index (κ2) is 11.1. The lowest BCUT2D eigenvalue weighted by Crippen LogP contribution is -2.27. The molecule has 0 spiro atoms. The lowest BCUT2D eigenvalue weighted by molar-refractivity contribution is -0.0229. The molecular formula is C22H28ClF2N5O2. The van der Waals surface area contributed by atoms with Crippen LogP contribution in [0.5, 0.6) is 5.75 Å². The van der Waals surface area contributed by atoms with Crippen LogP contribution >= 0.6 is 11.6 Å². The molecule has 0 saturated carbocycles. The van der Waals surface area contributed by atoms with Gasteiger partial charge in [-0.25, -0.2) is 13.8 Å². The van der Waals surface area contributed by atoms with Gasteiger partial charge in [0.2, 0.25) is 0 Å². The van der Waals surface area contributed by atoms with E-state index in [1.54, 1.807) is 18.3 Å². The molecule has 1 aromatic carbocycles. The number of halogens is 3. The van der Waals surface area contributed by atoms with Crippen molar-refractivity contribution in [2.24, 2.45) is 16.6 Å². The maximum atomic E-state index is 13.0. The van der Waals surface area contributed by atoms with Gasteiger partial charge in [-0.05, 0) is 48.7 Å². The van der Waals surface area contributed by atoms with E-state index in [2.05, 4.69) is 20.6 Å². The van der Waals surface area contributed by atoms with Gasteiger partial charge in [0.15, 0.2) is 12.6 Å². The molecule has 7 nitrogen and oxygen atoms in total. The summed E-state index contributed by atoms with van der Waals surface area (Å²) < 4.78 is 30.9. The van der Waals surface area contributed by atoms with Gasteiger partial charge in [0.25, 0.3) is 11.8 Å². The average molecular weight is 468 g/mol. The van der Waals surface area contributed by atoms with Crippen LogP contribution in [-0.2, 0) is 0 Å². The van der Waals surface area contributed by atoms with Crippen LogP contribution in [0.25, 0.3) is 0 Å². The summed E-state index contributed by atoms with van der Waals surface area (Å²) >= 11 is 6.08. The number of alkyl halides is 2. The van der Waals surface area contributed by atoms with Crippen molar-refractivity contribution in [1.82, 2.24) is 10.3 Å². The van der Waals surface area contributed by atoms with Crippen LogP contribution in [0.1, 0.15) is 49.7 Å². The fourth-order valence-corrected chi connectivity index (χ4v) is 2.80. The Bertz CT molecular complexity index is 964. The molecule has 0 saturated heterocycles. The van der Waals surface area contributed by atoms with Gasteiger partial charge in [-0.2, -0.15) is 0 Å². The highest BCUT2D eigenvalue weighted by molar-refractivity contribution is 6.32. The third kappa shape index (κ3) is 8.30. The molecule has 4 N–H and O–H groups in total. The third-order valence-electron chi connectivity index (χ3n) is 4.19. The second-order valence-electron chi connectivity index (χ2n) is 7.92. The van der Waals surface area contributed by atoms with Crippen molar-refractivity contribution in [3.8, 4) is 5.75 Å². The summed E-state index contributed by atoms with van der Waals surface area (Å²) in [5, 5.41) is 5.86. The number of pyridine rings is 1. The van der Waals surface area contributed by atoms with Crippen molar-refractivity contribution in [3.63, 3.8) is 0 Å². The Labute approximate surface area is 191 Å². The molecular weight excluding hydrogens is 440 g/mol. The van der Waals surface area contributed by atoms with E-state index in [1.807, 2.05) is 20.8 Å². The number of hydrogen-bond donors (Lipinski definition) is 3. The smallest absolute Gasteiger partial charge is 0.278 e. The van der Waals surface area contributed by atoms with Gasteiger partial charge in [-0.3, -0.25) is 9.79 Å². The maximum absolute atomic E-state index is 13.0. The molecule has 1 unspecified atom stereocenters. The Morgan fingerprint density at radius 1 is 1.28 bits per heavy atom. The van der Waals surface area contributed by atoms with E-state index in [0.717, 1.165) is 12.5 Å². The van der Waals surface area contributed by atoms with E-state index >= 15 is 0 Å². The summed E-state index contributed by atoms with van der Waals surface area (Å²) in [6.07, 6.45) is 1.60. The normalized spacial score (nSPS) is 13.1. The highest BCUT2D eigenvalue weighted by Crippen LogP contribution is 2.27. The number of aromatic nitrogens is 1. The Hall–Kier alpha value is -2.94. The number of guanidine groups is 1. The summed E-state index contributed by atoms with van der Waals surface area (Å²) in [6, 6.07) is 7.40. The van der Waals surface area contributed by atoms with E-state index in [-0.39, 0.29) is 34.2 Å². The molecule has 0 aliphatic rings. The highest BCUT2D eigenvalue weighted by Gasteiger charge is 2.23. The van der Waals surface area contributed by atoms with E-state index in [0.29, 0.717) is 18.3 Å². The van der Waals surface area contributed by atoms with Gasteiger partial charge in [-0.1, -0.05) is 25.4 Å². The number of anilines is 1. The van der Waals surface area contributed by atoms with E-state index < -0.39 is 12.5 Å². The first kappa shape index (κ1) is 25.3. The van der Waals surface area contributed by atoms with Crippen molar-refractivity contribution in [2.45, 2.75) is 39.7 Å². The van der Waals surface area contributed by atoms with Crippen LogP contribution in [0.2, 0.25) is 5.02 Å². The van der Waals surface area contributed by atoms with Crippen molar-refractivity contribution < 1.29 is 18.3 Å². The molecule has 2 aromatic rings. The first-order valence-corrected chi connectivity index (χ1v) is 10.5. The monoisotopic (exact) mass is 467 g/mol. The molecule has 1 amide bonds. The summed E-state index contributed by atoms with van der Waals surface area (Å²) in [7, 11) is 0. The van der Waals surface area contributed by atoms with Crippen molar-refractivity contribution in [1.29, 1.82) is 0 Å². The minimum atomic E-state index is -2.99. The molecule has 32 heavy (non-hydrogen) atoms. The molecule has 0 aliphatic heterocycles. The number of aliphatic imine (C=N–C) groups is 1. The minimum absolute atomic E-state index is 0.0705. The van der Waals surface area contributed by atoms with E-state index in [9.17, 15) is 13.6 Å². The molecule has 174 valence electrons. The highest BCUT2D eigenvalue weighted by atomic mass is 35.5. The number of benzene rings is 1. The molecule has 0 aliphatic carbocycles. The molecule has 0 bridgehead atoms. The van der Waals surface area contributed by atoms with Crippen LogP contribution in [0.3, 0.4) is 0 Å². The fourth-order valence-electron chi connectivity index (χ4n) is 2.56. The molecule has 2 rings (SSSR count). The van der Waals surface area contributed by atoms with Gasteiger partial charge in [0, 0.05) is 25.2 Å². The number of hydrogen-bond acceptors (Lipinski definition) is 4. The second-order valence-corrected chi connectivity index (χ2v) is 8.33. The first-order valence-electron chi connectivity index (χ1n) is 10.1. The zero-order valence-corrected chi connectivity index (χ0v) is 19.2. The standard InChI is InChI=1S/C22H28ClF2N5O2/c1-13(2)11-28-21(26)30-19-10-15(7-8-27-19)14(3)29-20(31)16-5-6-18(17(23)9-16)32-12-22(4,24)25/h5-10,13-14H,11-12H2,1-4H3,(H,29,31)(H3,26,27,28,30). The van der Waals surface area contributed by atoms with E-state index in [4.69, 9.17) is 22.1 Å². The third-order valence-corrected chi connectivity index (χ3v) is 4.49. The molecule has 10 heteroatoms. The predicted octanol–water partition coefficient (Wildman–Crippen LogP) is 4.64. The summed E-state index contributed by atoms with van der Waals surface area (Å²) in [5.74, 6) is -2.14. The van der Waals surface area contributed by atoms with Gasteiger partial charge < -0.3 is 21.1 Å². The predicted molar refractivity (Wildman–Crippen MR) is 123 cm³/mol. The zero-order valence-electron chi connectivity index (χ0n) is 18.5. The lowest BCUT2D eigenvalue weighted by atomic mass is 10.1. The minimum Gasteiger partial charge on any atom is -0.486 e. The molecule has 0 fully saturated rings. The van der Waals surface area contributed by atoms with Gasteiger partial charge in [0.1, 0.15) is 11.6 Å². The van der Waals surface area contributed by atoms with Crippen LogP contribution in [-0.4, -0.2) is 35.9 Å². The molecule has 1 atom stereocenters. The Kier molecular flexibility index (Phi) is 8.77. The zero-order chi connectivity index (χ0) is 23.9. The summed E-state index contributed by atoms with van der Waals surface area (Å²) in [4.78, 5) is 21.1. The fraction of sp³-hybridized carbons (Fsp3) is 0.409. The van der Waals surface area contributed by atoms with Crippen LogP contribution in [0.4, 0.5) is 14.6 Å². The summed E-state index contributed by atoms with van der Waals surface area (Å²) in [6.45, 7) is 6.43. The number of amides is 1. The van der Waals surface area contributed by atoms with Crippen LogP contribution in [0.15, 0.2) is 41.5 Å². The largest absolute Gasteiger partial charge is 0.486 e. The Balaban J connectivity index is 2.03. The summed E-state index contributed by atoms with van der Waals surface area (Å²) in [5.41, 5.74) is 6.94. The quantitative estimate of drug-likeness (QED) is 0.368. The number of carbonyl (C=O) groups excluding carboxylic acids is 1. The van der Waals surface area contributed by atoms with Gasteiger partial charge >= 0.3 is 0 Å². The topological polar surface area (TPSA) is 102 Å². The van der Waals surface area contributed by atoms with Crippen LogP contribution < -0.4 is 21.1 Å². The van der Waals surface area contributed by atoms with Gasteiger partial charge in [0.05, 0.1) is 11.1 Å². The van der Waals surface area contributed by atoms with E-state index in [1.165, 1.54) is 18.2 Å². The SMILES string of the molecule is CC(C)CN=C(N)Nc1cc(C(C)NC(=O)c2ccc(OCC(C)(F)F)c(Cl)c2)ccn1. The number of rotatable bonds is 9. The number of nitrogens with zero attached hydrogens (tertiary/aromatic N) is 2. The van der Waals surface area contributed by atoms with Crippen LogP contribution in [0, 0.1) is 5.92 Å². The first-order chi connectivity index (χ1) is 14.9. The Morgan fingerprint density at radius 3 is 2.62 bits per heavy atom. The molecule has 1 heterocycles.